The number of halogens is 1. The highest BCUT2D eigenvalue weighted by molar-refractivity contribution is 5.35. The van der Waals surface area contributed by atoms with Crippen LogP contribution in [-0.4, -0.2) is 9.97 Å². The van der Waals surface area contributed by atoms with Crippen LogP contribution in [0.25, 0.3) is 0 Å². The fraction of sp³-hybridized carbons (Fsp3) is 0.286. The Morgan fingerprint density at radius 3 is 2.68 bits per heavy atom. The van der Waals surface area contributed by atoms with Crippen molar-refractivity contribution in [1.82, 2.24) is 9.97 Å². The summed E-state index contributed by atoms with van der Waals surface area (Å²) in [7, 11) is 0. The first kappa shape index (κ1) is 13.3. The minimum absolute atomic E-state index is 0.0885. The molecule has 0 amide bonds. The molecule has 1 N–H and O–H groups in total. The summed E-state index contributed by atoms with van der Waals surface area (Å²) in [5, 5.41) is 0. The van der Waals surface area contributed by atoms with Crippen LogP contribution in [0.2, 0.25) is 0 Å². The molecule has 0 bridgehead atoms. The van der Waals surface area contributed by atoms with Crippen LogP contribution in [-0.2, 0) is 0 Å². The van der Waals surface area contributed by atoms with Crippen LogP contribution >= 0.6 is 0 Å². The number of aromatic nitrogens is 2. The molecule has 2 aromatic rings. The first-order chi connectivity index (χ1) is 8.95. The Morgan fingerprint density at radius 2 is 2.05 bits per heavy atom. The molecular formula is C14H15FN2O2. The van der Waals surface area contributed by atoms with Crippen molar-refractivity contribution in [2.24, 2.45) is 0 Å². The van der Waals surface area contributed by atoms with Crippen LogP contribution < -0.4 is 10.3 Å². The zero-order valence-electron chi connectivity index (χ0n) is 11.0. The third-order valence-electron chi connectivity index (χ3n) is 2.63. The molecule has 0 unspecified atom stereocenters. The summed E-state index contributed by atoms with van der Waals surface area (Å²) in [5.41, 5.74) is 0.377. The number of aryl methyl sites for hydroxylation is 1. The fourth-order valence-corrected chi connectivity index (χ4v) is 1.62. The quantitative estimate of drug-likeness (QED) is 0.924. The number of nitrogens with zero attached hydrogens (tertiary/aromatic N) is 1. The Hall–Kier alpha value is -2.17. The summed E-state index contributed by atoms with van der Waals surface area (Å²) in [6.07, 6.45) is 0. The van der Waals surface area contributed by atoms with Crippen molar-refractivity contribution >= 4 is 0 Å². The normalized spacial score (nSPS) is 10.8. The zero-order chi connectivity index (χ0) is 14.0. The van der Waals surface area contributed by atoms with E-state index in [-0.39, 0.29) is 23.2 Å². The Bertz CT molecular complexity index is 650. The average Bonchev–Trinajstić information content (AvgIpc) is 2.32. The summed E-state index contributed by atoms with van der Waals surface area (Å²) in [4.78, 5) is 18.4. The number of rotatable bonds is 3. The van der Waals surface area contributed by atoms with Crippen LogP contribution in [0.5, 0.6) is 11.6 Å². The minimum Gasteiger partial charge on any atom is -0.438 e. The molecule has 1 aromatic carbocycles. The van der Waals surface area contributed by atoms with E-state index in [0.717, 1.165) is 0 Å². The molecule has 5 heteroatoms. The lowest BCUT2D eigenvalue weighted by molar-refractivity contribution is 0.450. The van der Waals surface area contributed by atoms with E-state index in [1.54, 1.807) is 6.92 Å². The van der Waals surface area contributed by atoms with Gasteiger partial charge in [0.05, 0.1) is 6.07 Å². The van der Waals surface area contributed by atoms with Crippen LogP contribution in [0.15, 0.2) is 29.1 Å². The molecule has 0 atom stereocenters. The number of benzene rings is 1. The van der Waals surface area contributed by atoms with Gasteiger partial charge in [0.1, 0.15) is 17.4 Å². The summed E-state index contributed by atoms with van der Waals surface area (Å²) >= 11 is 0. The smallest absolute Gasteiger partial charge is 0.254 e. The number of H-pyrrole nitrogens is 1. The number of ether oxygens (including phenoxy) is 1. The van der Waals surface area contributed by atoms with E-state index in [2.05, 4.69) is 9.97 Å². The molecule has 0 radical (unpaired) electrons. The Labute approximate surface area is 110 Å². The SMILES string of the molecule is Cc1cc(F)ccc1Oc1cc(=O)[nH]c(C(C)C)n1. The highest BCUT2D eigenvalue weighted by atomic mass is 19.1. The van der Waals surface area contributed by atoms with Crippen molar-refractivity contribution in [2.75, 3.05) is 0 Å². The van der Waals surface area contributed by atoms with Gasteiger partial charge in [0, 0.05) is 5.92 Å². The monoisotopic (exact) mass is 262 g/mol. The third-order valence-corrected chi connectivity index (χ3v) is 2.63. The lowest BCUT2D eigenvalue weighted by atomic mass is 10.2. The lowest BCUT2D eigenvalue weighted by Crippen LogP contribution is -2.12. The van der Waals surface area contributed by atoms with Gasteiger partial charge in [-0.25, -0.2) is 4.39 Å². The molecule has 100 valence electrons. The second-order valence-electron chi connectivity index (χ2n) is 4.64. The molecule has 0 fully saturated rings. The summed E-state index contributed by atoms with van der Waals surface area (Å²) in [6.45, 7) is 5.57. The van der Waals surface area contributed by atoms with Crippen LogP contribution in [0, 0.1) is 12.7 Å². The molecule has 0 aliphatic carbocycles. The van der Waals surface area contributed by atoms with E-state index in [1.807, 2.05) is 13.8 Å². The van der Waals surface area contributed by atoms with E-state index in [1.165, 1.54) is 24.3 Å². The molecule has 2 rings (SSSR count). The van der Waals surface area contributed by atoms with Gasteiger partial charge in [0.15, 0.2) is 0 Å². The third kappa shape index (κ3) is 3.19. The van der Waals surface area contributed by atoms with Crippen molar-refractivity contribution < 1.29 is 9.13 Å². The number of aromatic amines is 1. The summed E-state index contributed by atoms with van der Waals surface area (Å²) in [5.74, 6) is 1.01. The molecule has 0 saturated heterocycles. The molecule has 1 aromatic heterocycles. The van der Waals surface area contributed by atoms with Gasteiger partial charge in [-0.3, -0.25) is 4.79 Å². The maximum Gasteiger partial charge on any atom is 0.254 e. The number of nitrogens with one attached hydrogen (secondary N) is 1. The predicted molar refractivity (Wildman–Crippen MR) is 70.2 cm³/mol. The van der Waals surface area contributed by atoms with Crippen LogP contribution in [0.3, 0.4) is 0 Å². The van der Waals surface area contributed by atoms with Crippen molar-refractivity contribution in [3.05, 3.63) is 51.8 Å². The topological polar surface area (TPSA) is 55.0 Å². The van der Waals surface area contributed by atoms with Gasteiger partial charge < -0.3 is 9.72 Å². The van der Waals surface area contributed by atoms with Gasteiger partial charge in [0.2, 0.25) is 5.88 Å². The average molecular weight is 262 g/mol. The Balaban J connectivity index is 2.35. The maximum atomic E-state index is 13.0. The standard InChI is InChI=1S/C14H15FN2O2/c1-8(2)14-16-12(18)7-13(17-14)19-11-5-4-10(15)6-9(11)3/h4-8H,1-3H3,(H,16,17,18). The summed E-state index contributed by atoms with van der Waals surface area (Å²) in [6, 6.07) is 5.46. The minimum atomic E-state index is -0.327. The van der Waals surface area contributed by atoms with Gasteiger partial charge in [-0.1, -0.05) is 13.8 Å². The van der Waals surface area contributed by atoms with Crippen LogP contribution in [0.4, 0.5) is 4.39 Å². The second kappa shape index (κ2) is 5.22. The molecule has 0 saturated carbocycles. The van der Waals surface area contributed by atoms with E-state index < -0.39 is 0 Å². The van der Waals surface area contributed by atoms with Gasteiger partial charge in [-0.2, -0.15) is 4.98 Å². The van der Waals surface area contributed by atoms with Crippen molar-refractivity contribution in [3.63, 3.8) is 0 Å². The van der Waals surface area contributed by atoms with Crippen molar-refractivity contribution in [1.29, 1.82) is 0 Å². The number of hydrogen-bond acceptors (Lipinski definition) is 3. The molecule has 0 spiro atoms. The van der Waals surface area contributed by atoms with E-state index in [9.17, 15) is 9.18 Å². The van der Waals surface area contributed by atoms with E-state index in [4.69, 9.17) is 4.74 Å². The van der Waals surface area contributed by atoms with Gasteiger partial charge in [-0.05, 0) is 30.7 Å². The predicted octanol–water partition coefficient (Wildman–Crippen LogP) is 3.13. The van der Waals surface area contributed by atoms with Gasteiger partial charge >= 0.3 is 0 Å². The molecule has 4 nitrogen and oxygen atoms in total. The molecule has 0 aliphatic rings. The van der Waals surface area contributed by atoms with Gasteiger partial charge in [0.25, 0.3) is 5.56 Å². The lowest BCUT2D eigenvalue weighted by Gasteiger charge is -2.10. The molecule has 19 heavy (non-hydrogen) atoms. The first-order valence-corrected chi connectivity index (χ1v) is 6.01. The Kier molecular flexibility index (Phi) is 3.64. The van der Waals surface area contributed by atoms with Crippen LogP contribution in [0.1, 0.15) is 31.2 Å². The van der Waals surface area contributed by atoms with E-state index in [0.29, 0.717) is 17.1 Å². The van der Waals surface area contributed by atoms with Crippen molar-refractivity contribution in [3.8, 4) is 11.6 Å². The second-order valence-corrected chi connectivity index (χ2v) is 4.64. The highest BCUT2D eigenvalue weighted by Gasteiger charge is 2.08. The summed E-state index contributed by atoms with van der Waals surface area (Å²) < 4.78 is 18.5. The fourth-order valence-electron chi connectivity index (χ4n) is 1.62. The van der Waals surface area contributed by atoms with Gasteiger partial charge in [-0.15, -0.1) is 0 Å². The number of hydrogen-bond donors (Lipinski definition) is 1. The molecular weight excluding hydrogens is 247 g/mol. The molecule has 1 heterocycles. The first-order valence-electron chi connectivity index (χ1n) is 6.01. The highest BCUT2D eigenvalue weighted by Crippen LogP contribution is 2.24. The molecule has 0 aliphatic heterocycles. The largest absolute Gasteiger partial charge is 0.438 e. The zero-order valence-corrected chi connectivity index (χ0v) is 11.0. The maximum absolute atomic E-state index is 13.0. The van der Waals surface area contributed by atoms with Crippen molar-refractivity contribution in [2.45, 2.75) is 26.7 Å². The Morgan fingerprint density at radius 1 is 1.32 bits per heavy atom. The van der Waals surface area contributed by atoms with E-state index >= 15 is 0 Å².